The van der Waals surface area contributed by atoms with Crippen LogP contribution in [0.4, 0.5) is 10.1 Å². The standard InChI is InChI=1S/C14H12FNO2S/c1-18-13-8-10(5-6-12(13)15)16-14(17)9-3-2-4-11(19)7-9/h2-8,19H,1H3,(H,16,17). The van der Waals surface area contributed by atoms with Gasteiger partial charge >= 0.3 is 0 Å². The first-order valence-corrected chi connectivity index (χ1v) is 5.99. The number of carbonyl (C=O) groups excluding carboxylic acids is 1. The first kappa shape index (κ1) is 13.4. The lowest BCUT2D eigenvalue weighted by Crippen LogP contribution is -2.11. The lowest BCUT2D eigenvalue weighted by atomic mass is 10.2. The number of carbonyl (C=O) groups is 1. The van der Waals surface area contributed by atoms with Crippen molar-refractivity contribution in [2.75, 3.05) is 12.4 Å². The van der Waals surface area contributed by atoms with Crippen LogP contribution in [0.15, 0.2) is 47.4 Å². The summed E-state index contributed by atoms with van der Waals surface area (Å²) in [6.07, 6.45) is 0. The van der Waals surface area contributed by atoms with Crippen molar-refractivity contribution in [2.45, 2.75) is 4.90 Å². The summed E-state index contributed by atoms with van der Waals surface area (Å²) in [5, 5.41) is 2.67. The SMILES string of the molecule is COc1cc(NC(=O)c2cccc(S)c2)ccc1F. The van der Waals surface area contributed by atoms with Gasteiger partial charge in [-0.05, 0) is 30.3 Å². The van der Waals surface area contributed by atoms with Crippen LogP contribution in [0, 0.1) is 5.82 Å². The fraction of sp³-hybridized carbons (Fsp3) is 0.0714. The maximum atomic E-state index is 13.2. The maximum Gasteiger partial charge on any atom is 0.255 e. The Morgan fingerprint density at radius 1 is 1.26 bits per heavy atom. The number of rotatable bonds is 3. The molecule has 19 heavy (non-hydrogen) atoms. The van der Waals surface area contributed by atoms with Gasteiger partial charge in [-0.1, -0.05) is 6.07 Å². The van der Waals surface area contributed by atoms with Crippen LogP contribution >= 0.6 is 12.6 Å². The number of benzene rings is 2. The van der Waals surface area contributed by atoms with E-state index in [-0.39, 0.29) is 11.7 Å². The molecule has 0 heterocycles. The number of hydrogen-bond donors (Lipinski definition) is 2. The van der Waals surface area contributed by atoms with Gasteiger partial charge in [-0.25, -0.2) is 4.39 Å². The molecular weight excluding hydrogens is 265 g/mol. The molecule has 0 atom stereocenters. The minimum Gasteiger partial charge on any atom is -0.494 e. The summed E-state index contributed by atoms with van der Waals surface area (Å²) in [6, 6.07) is 11.0. The second kappa shape index (κ2) is 5.75. The fourth-order valence-corrected chi connectivity index (χ4v) is 1.81. The molecule has 0 aromatic heterocycles. The third-order valence-corrected chi connectivity index (χ3v) is 2.80. The minimum atomic E-state index is -0.474. The molecule has 0 radical (unpaired) electrons. The molecular formula is C14H12FNO2S. The Kier molecular flexibility index (Phi) is 4.06. The summed E-state index contributed by atoms with van der Waals surface area (Å²) in [4.78, 5) is 12.7. The molecule has 1 amide bonds. The van der Waals surface area contributed by atoms with Crippen molar-refractivity contribution in [1.82, 2.24) is 0 Å². The van der Waals surface area contributed by atoms with E-state index in [1.807, 2.05) is 0 Å². The highest BCUT2D eigenvalue weighted by Crippen LogP contribution is 2.22. The number of anilines is 1. The van der Waals surface area contributed by atoms with Crippen molar-refractivity contribution >= 4 is 24.2 Å². The van der Waals surface area contributed by atoms with E-state index in [1.54, 1.807) is 24.3 Å². The average Bonchev–Trinajstić information content (AvgIpc) is 2.41. The normalized spacial score (nSPS) is 10.1. The predicted octanol–water partition coefficient (Wildman–Crippen LogP) is 3.38. The van der Waals surface area contributed by atoms with Gasteiger partial charge in [-0.2, -0.15) is 0 Å². The van der Waals surface area contributed by atoms with E-state index in [2.05, 4.69) is 17.9 Å². The topological polar surface area (TPSA) is 38.3 Å². The summed E-state index contributed by atoms with van der Waals surface area (Å²) in [6.45, 7) is 0. The van der Waals surface area contributed by atoms with E-state index in [4.69, 9.17) is 4.74 Å². The summed E-state index contributed by atoms with van der Waals surface area (Å²) in [7, 11) is 1.37. The second-order valence-electron chi connectivity index (χ2n) is 3.85. The molecule has 0 bridgehead atoms. The second-order valence-corrected chi connectivity index (χ2v) is 4.37. The predicted molar refractivity (Wildman–Crippen MR) is 74.6 cm³/mol. The lowest BCUT2D eigenvalue weighted by molar-refractivity contribution is 0.102. The molecule has 5 heteroatoms. The van der Waals surface area contributed by atoms with Crippen LogP contribution in [0.1, 0.15) is 10.4 Å². The van der Waals surface area contributed by atoms with E-state index in [0.717, 1.165) is 0 Å². The minimum absolute atomic E-state index is 0.0840. The zero-order chi connectivity index (χ0) is 13.8. The van der Waals surface area contributed by atoms with Crippen LogP contribution in [0.5, 0.6) is 5.75 Å². The Balaban J connectivity index is 2.19. The first-order chi connectivity index (χ1) is 9.10. The highest BCUT2D eigenvalue weighted by Gasteiger charge is 2.08. The van der Waals surface area contributed by atoms with Gasteiger partial charge in [0, 0.05) is 22.2 Å². The molecule has 2 aromatic carbocycles. The molecule has 98 valence electrons. The molecule has 0 aliphatic carbocycles. The van der Waals surface area contributed by atoms with E-state index < -0.39 is 5.82 Å². The van der Waals surface area contributed by atoms with Gasteiger partial charge in [0.1, 0.15) is 0 Å². The molecule has 0 aliphatic heterocycles. The van der Waals surface area contributed by atoms with Crippen LogP contribution in [-0.2, 0) is 0 Å². The number of ether oxygens (including phenoxy) is 1. The average molecular weight is 277 g/mol. The van der Waals surface area contributed by atoms with E-state index in [9.17, 15) is 9.18 Å². The van der Waals surface area contributed by atoms with Crippen LogP contribution in [0.2, 0.25) is 0 Å². The quantitative estimate of drug-likeness (QED) is 0.844. The monoisotopic (exact) mass is 277 g/mol. The van der Waals surface area contributed by atoms with Crippen LogP contribution in [0.25, 0.3) is 0 Å². The Morgan fingerprint density at radius 2 is 2.05 bits per heavy atom. The number of nitrogens with one attached hydrogen (secondary N) is 1. The highest BCUT2D eigenvalue weighted by atomic mass is 32.1. The van der Waals surface area contributed by atoms with E-state index in [1.165, 1.54) is 25.3 Å². The van der Waals surface area contributed by atoms with Crippen molar-refractivity contribution in [3.8, 4) is 5.75 Å². The Labute approximate surface area is 115 Å². The molecule has 0 aliphatic rings. The molecule has 2 aromatic rings. The van der Waals surface area contributed by atoms with Crippen LogP contribution < -0.4 is 10.1 Å². The van der Waals surface area contributed by atoms with Crippen molar-refractivity contribution in [3.63, 3.8) is 0 Å². The first-order valence-electron chi connectivity index (χ1n) is 5.54. The number of amides is 1. The highest BCUT2D eigenvalue weighted by molar-refractivity contribution is 7.80. The van der Waals surface area contributed by atoms with Crippen molar-refractivity contribution < 1.29 is 13.9 Å². The molecule has 0 spiro atoms. The summed E-state index contributed by atoms with van der Waals surface area (Å²) >= 11 is 4.17. The number of hydrogen-bond acceptors (Lipinski definition) is 3. The molecule has 0 unspecified atom stereocenters. The number of methoxy groups -OCH3 is 1. The molecule has 2 rings (SSSR count). The van der Waals surface area contributed by atoms with E-state index >= 15 is 0 Å². The number of thiol groups is 1. The lowest BCUT2D eigenvalue weighted by Gasteiger charge is -2.08. The molecule has 3 nitrogen and oxygen atoms in total. The Morgan fingerprint density at radius 3 is 2.74 bits per heavy atom. The third kappa shape index (κ3) is 3.26. The summed E-state index contributed by atoms with van der Waals surface area (Å²) in [5.74, 6) is -0.678. The molecule has 0 saturated carbocycles. The van der Waals surface area contributed by atoms with Gasteiger partial charge in [0.2, 0.25) is 0 Å². The summed E-state index contributed by atoms with van der Waals surface area (Å²) in [5.41, 5.74) is 0.948. The van der Waals surface area contributed by atoms with Crippen molar-refractivity contribution in [3.05, 3.63) is 53.8 Å². The van der Waals surface area contributed by atoms with Crippen LogP contribution in [0.3, 0.4) is 0 Å². The van der Waals surface area contributed by atoms with Crippen molar-refractivity contribution in [2.24, 2.45) is 0 Å². The van der Waals surface area contributed by atoms with Gasteiger partial charge in [0.05, 0.1) is 7.11 Å². The molecule has 0 fully saturated rings. The number of halogens is 1. The molecule has 0 saturated heterocycles. The maximum absolute atomic E-state index is 13.2. The van der Waals surface area contributed by atoms with Gasteiger partial charge in [-0.3, -0.25) is 4.79 Å². The summed E-state index contributed by atoms with van der Waals surface area (Å²) < 4.78 is 18.1. The van der Waals surface area contributed by atoms with Crippen molar-refractivity contribution in [1.29, 1.82) is 0 Å². The zero-order valence-corrected chi connectivity index (χ0v) is 11.1. The fourth-order valence-electron chi connectivity index (χ4n) is 1.59. The largest absolute Gasteiger partial charge is 0.494 e. The Hall–Kier alpha value is -2.01. The van der Waals surface area contributed by atoms with E-state index in [0.29, 0.717) is 16.1 Å². The van der Waals surface area contributed by atoms with Gasteiger partial charge in [0.15, 0.2) is 11.6 Å². The van der Waals surface area contributed by atoms with Gasteiger partial charge < -0.3 is 10.1 Å². The van der Waals surface area contributed by atoms with Gasteiger partial charge in [-0.15, -0.1) is 12.6 Å². The third-order valence-electron chi connectivity index (χ3n) is 2.52. The molecule has 1 N–H and O–H groups in total. The van der Waals surface area contributed by atoms with Crippen LogP contribution in [-0.4, -0.2) is 13.0 Å². The zero-order valence-electron chi connectivity index (χ0n) is 10.2. The Bertz CT molecular complexity index is 616. The van der Waals surface area contributed by atoms with Gasteiger partial charge in [0.25, 0.3) is 5.91 Å². The smallest absolute Gasteiger partial charge is 0.255 e.